The molecule has 1 amide bonds. The second-order valence-corrected chi connectivity index (χ2v) is 6.98. The number of aromatic nitrogens is 2. The van der Waals surface area contributed by atoms with E-state index in [0.29, 0.717) is 6.54 Å². The van der Waals surface area contributed by atoms with Crippen molar-refractivity contribution >= 4 is 11.6 Å². The first-order valence-electron chi connectivity index (χ1n) is 9.12. The third-order valence-electron chi connectivity index (χ3n) is 4.86. The van der Waals surface area contributed by atoms with E-state index in [-0.39, 0.29) is 11.9 Å². The van der Waals surface area contributed by atoms with E-state index in [1.54, 1.807) is 0 Å². The lowest BCUT2D eigenvalue weighted by molar-refractivity contribution is -0.120. The van der Waals surface area contributed by atoms with Crippen molar-refractivity contribution in [3.05, 3.63) is 77.6 Å². The van der Waals surface area contributed by atoms with Crippen LogP contribution >= 0.6 is 0 Å². The molecule has 0 radical (unpaired) electrons. The molecule has 0 aliphatic heterocycles. The van der Waals surface area contributed by atoms with Crippen LogP contribution in [0.25, 0.3) is 5.69 Å². The maximum atomic E-state index is 12.7. The van der Waals surface area contributed by atoms with Crippen molar-refractivity contribution in [2.75, 3.05) is 12.4 Å². The number of likely N-dealkylation sites (N-methyl/N-ethyl adjacent to an activating group) is 1. The zero-order valence-corrected chi connectivity index (χ0v) is 16.3. The second-order valence-electron chi connectivity index (χ2n) is 6.98. The highest BCUT2D eigenvalue weighted by Crippen LogP contribution is 2.20. The number of aryl methyl sites for hydroxylation is 2. The Bertz CT molecular complexity index is 897. The summed E-state index contributed by atoms with van der Waals surface area (Å²) in [6, 6.07) is 15.7. The predicted octanol–water partition coefficient (Wildman–Crippen LogP) is 3.95. The molecule has 1 N–H and O–H groups in total. The summed E-state index contributed by atoms with van der Waals surface area (Å²) in [5, 5.41) is 7.50. The molecule has 0 bridgehead atoms. The largest absolute Gasteiger partial charge is 0.324 e. The van der Waals surface area contributed by atoms with Crippen molar-refractivity contribution in [1.82, 2.24) is 14.7 Å². The van der Waals surface area contributed by atoms with Gasteiger partial charge in [0.15, 0.2) is 0 Å². The average molecular weight is 362 g/mol. The first kappa shape index (κ1) is 18.9. The molecule has 0 aliphatic carbocycles. The normalized spacial score (nSPS) is 12.2. The van der Waals surface area contributed by atoms with Gasteiger partial charge in [-0.3, -0.25) is 9.69 Å². The lowest BCUT2D eigenvalue weighted by Gasteiger charge is -2.24. The van der Waals surface area contributed by atoms with Crippen LogP contribution in [0.2, 0.25) is 0 Å². The molecular formula is C22H26N4O. The summed E-state index contributed by atoms with van der Waals surface area (Å²) in [5.74, 6) is -0.00893. The minimum atomic E-state index is -0.260. The first-order chi connectivity index (χ1) is 13.0. The van der Waals surface area contributed by atoms with Crippen molar-refractivity contribution in [2.45, 2.75) is 33.4 Å². The summed E-state index contributed by atoms with van der Waals surface area (Å²) in [5.41, 5.74) is 5.13. The minimum Gasteiger partial charge on any atom is -0.324 e. The van der Waals surface area contributed by atoms with Crippen LogP contribution in [0, 0.1) is 13.8 Å². The van der Waals surface area contributed by atoms with Gasteiger partial charge in [-0.15, -0.1) is 0 Å². The predicted molar refractivity (Wildman–Crippen MR) is 109 cm³/mol. The van der Waals surface area contributed by atoms with Gasteiger partial charge in [0.1, 0.15) is 0 Å². The molecule has 1 atom stereocenters. The van der Waals surface area contributed by atoms with E-state index in [4.69, 9.17) is 0 Å². The number of benzene rings is 2. The second kappa shape index (κ2) is 8.18. The van der Waals surface area contributed by atoms with Gasteiger partial charge in [0.05, 0.1) is 17.9 Å². The van der Waals surface area contributed by atoms with E-state index in [9.17, 15) is 4.79 Å². The molecule has 27 heavy (non-hydrogen) atoms. The number of rotatable bonds is 6. The standard InChI is InChI=1S/C22H26N4O/c1-16-9-8-10-17(2)21(16)24-22(27)18(3)25(4)14-19-13-23-26(15-19)20-11-6-5-7-12-20/h5-13,15,18H,14H2,1-4H3,(H,24,27). The fraction of sp³-hybridized carbons (Fsp3) is 0.273. The summed E-state index contributed by atoms with van der Waals surface area (Å²) in [6.45, 7) is 6.59. The lowest BCUT2D eigenvalue weighted by Crippen LogP contribution is -2.39. The number of anilines is 1. The summed E-state index contributed by atoms with van der Waals surface area (Å²) in [7, 11) is 1.95. The van der Waals surface area contributed by atoms with Crippen molar-refractivity contribution in [3.63, 3.8) is 0 Å². The number of carbonyl (C=O) groups excluding carboxylic acids is 1. The van der Waals surface area contributed by atoms with Gasteiger partial charge in [-0.25, -0.2) is 4.68 Å². The number of hydrogen-bond donors (Lipinski definition) is 1. The highest BCUT2D eigenvalue weighted by atomic mass is 16.2. The molecule has 5 nitrogen and oxygen atoms in total. The number of para-hydroxylation sites is 2. The summed E-state index contributed by atoms with van der Waals surface area (Å²) < 4.78 is 1.85. The average Bonchev–Trinajstić information content (AvgIpc) is 3.13. The van der Waals surface area contributed by atoms with Crippen LogP contribution in [-0.4, -0.2) is 33.7 Å². The zero-order valence-electron chi connectivity index (χ0n) is 16.3. The van der Waals surface area contributed by atoms with Gasteiger partial charge >= 0.3 is 0 Å². The Labute approximate surface area is 160 Å². The van der Waals surface area contributed by atoms with Gasteiger partial charge in [0, 0.05) is 24.0 Å². The Kier molecular flexibility index (Phi) is 5.72. The summed E-state index contributed by atoms with van der Waals surface area (Å²) >= 11 is 0. The third-order valence-corrected chi connectivity index (χ3v) is 4.86. The number of amides is 1. The third kappa shape index (κ3) is 4.44. The molecule has 3 aromatic rings. The summed E-state index contributed by atoms with van der Waals surface area (Å²) in [4.78, 5) is 14.7. The molecule has 140 valence electrons. The van der Waals surface area contributed by atoms with Crippen molar-refractivity contribution in [3.8, 4) is 5.69 Å². The number of nitrogens with zero attached hydrogens (tertiary/aromatic N) is 3. The SMILES string of the molecule is Cc1cccc(C)c1NC(=O)C(C)N(C)Cc1cnn(-c2ccccc2)c1. The van der Waals surface area contributed by atoms with E-state index in [2.05, 4.69) is 10.4 Å². The molecule has 2 aromatic carbocycles. The van der Waals surface area contributed by atoms with Crippen LogP contribution in [0.3, 0.4) is 0 Å². The van der Waals surface area contributed by atoms with Crippen molar-refractivity contribution in [1.29, 1.82) is 0 Å². The fourth-order valence-corrected chi connectivity index (χ4v) is 3.03. The number of hydrogen-bond acceptors (Lipinski definition) is 3. The fourth-order valence-electron chi connectivity index (χ4n) is 3.03. The molecule has 0 aliphatic rings. The molecule has 0 saturated heterocycles. The minimum absolute atomic E-state index is 0.00893. The van der Waals surface area contributed by atoms with E-state index in [1.807, 2.05) is 98.3 Å². The van der Waals surface area contributed by atoms with E-state index in [1.165, 1.54) is 0 Å². The van der Waals surface area contributed by atoms with Gasteiger partial charge in [-0.05, 0) is 51.1 Å². The molecule has 1 aromatic heterocycles. The lowest BCUT2D eigenvalue weighted by atomic mass is 10.1. The first-order valence-corrected chi connectivity index (χ1v) is 9.12. The van der Waals surface area contributed by atoms with Crippen molar-refractivity contribution < 1.29 is 4.79 Å². The molecular weight excluding hydrogens is 336 g/mol. The monoisotopic (exact) mass is 362 g/mol. The van der Waals surface area contributed by atoms with Gasteiger partial charge in [-0.1, -0.05) is 36.4 Å². The van der Waals surface area contributed by atoms with Crippen LogP contribution in [0.5, 0.6) is 0 Å². The van der Waals surface area contributed by atoms with Gasteiger partial charge in [0.2, 0.25) is 5.91 Å². The van der Waals surface area contributed by atoms with Gasteiger partial charge in [-0.2, -0.15) is 5.10 Å². The Hall–Kier alpha value is -2.92. The zero-order chi connectivity index (χ0) is 19.4. The molecule has 0 spiro atoms. The van der Waals surface area contributed by atoms with Crippen LogP contribution in [-0.2, 0) is 11.3 Å². The van der Waals surface area contributed by atoms with Crippen LogP contribution in [0.4, 0.5) is 5.69 Å². The maximum absolute atomic E-state index is 12.7. The van der Waals surface area contributed by atoms with Gasteiger partial charge in [0.25, 0.3) is 0 Å². The summed E-state index contributed by atoms with van der Waals surface area (Å²) in [6.07, 6.45) is 3.85. The molecule has 1 heterocycles. The Morgan fingerprint density at radius 3 is 2.44 bits per heavy atom. The van der Waals surface area contributed by atoms with E-state index >= 15 is 0 Å². The highest BCUT2D eigenvalue weighted by Gasteiger charge is 2.20. The smallest absolute Gasteiger partial charge is 0.241 e. The molecule has 0 saturated carbocycles. The van der Waals surface area contributed by atoms with Gasteiger partial charge < -0.3 is 5.32 Å². The maximum Gasteiger partial charge on any atom is 0.241 e. The molecule has 0 fully saturated rings. The molecule has 3 rings (SSSR count). The topological polar surface area (TPSA) is 50.2 Å². The van der Waals surface area contributed by atoms with Crippen molar-refractivity contribution in [2.24, 2.45) is 0 Å². The number of nitrogens with one attached hydrogen (secondary N) is 1. The quantitative estimate of drug-likeness (QED) is 0.722. The van der Waals surface area contributed by atoms with E-state index < -0.39 is 0 Å². The van der Waals surface area contributed by atoms with E-state index in [0.717, 1.165) is 28.1 Å². The Morgan fingerprint density at radius 1 is 1.11 bits per heavy atom. The Balaban J connectivity index is 1.64. The van der Waals surface area contributed by atoms with Crippen LogP contribution in [0.1, 0.15) is 23.6 Å². The Morgan fingerprint density at radius 2 is 1.78 bits per heavy atom. The number of carbonyl (C=O) groups is 1. The highest BCUT2D eigenvalue weighted by molar-refractivity contribution is 5.95. The van der Waals surface area contributed by atoms with Crippen LogP contribution < -0.4 is 5.32 Å². The molecule has 1 unspecified atom stereocenters. The molecule has 5 heteroatoms. The van der Waals surface area contributed by atoms with Crippen LogP contribution in [0.15, 0.2) is 60.9 Å².